The van der Waals surface area contributed by atoms with Gasteiger partial charge in [0.15, 0.2) is 0 Å². The Labute approximate surface area is 125 Å². The third-order valence-electron chi connectivity index (χ3n) is 3.22. The summed E-state index contributed by atoms with van der Waals surface area (Å²) in [4.78, 5) is 11.1. The first-order chi connectivity index (χ1) is 9.65. The predicted octanol–water partition coefficient (Wildman–Crippen LogP) is 4.74. The molecule has 0 fully saturated rings. The Hall–Kier alpha value is -1.46. The molecule has 0 aliphatic carbocycles. The van der Waals surface area contributed by atoms with Crippen molar-refractivity contribution in [2.24, 2.45) is 0 Å². The minimum atomic E-state index is -0.201. The highest BCUT2D eigenvalue weighted by atomic mass is 32.2. The van der Waals surface area contributed by atoms with E-state index in [-0.39, 0.29) is 5.82 Å². The first-order valence-electron chi connectivity index (χ1n) is 6.23. The Bertz CT molecular complexity index is 750. The third-order valence-corrected chi connectivity index (χ3v) is 5.40. The summed E-state index contributed by atoms with van der Waals surface area (Å²) >= 11 is 3.37. The lowest BCUT2D eigenvalue weighted by atomic mass is 10.2. The van der Waals surface area contributed by atoms with Crippen LogP contribution in [0.2, 0.25) is 0 Å². The number of thiophene rings is 1. The average Bonchev–Trinajstić information content (AvgIpc) is 2.74. The summed E-state index contributed by atoms with van der Waals surface area (Å²) in [5.74, 6) is 0.577. The second-order valence-corrected chi connectivity index (χ2v) is 6.72. The van der Waals surface area contributed by atoms with Gasteiger partial charge in [-0.3, -0.25) is 0 Å². The van der Waals surface area contributed by atoms with E-state index >= 15 is 0 Å². The van der Waals surface area contributed by atoms with Crippen LogP contribution in [0, 0.1) is 19.7 Å². The van der Waals surface area contributed by atoms with Crippen LogP contribution in [0.1, 0.15) is 16.0 Å². The summed E-state index contributed by atoms with van der Waals surface area (Å²) in [6, 6.07) is 6.61. The van der Waals surface area contributed by atoms with Crippen LogP contribution < -0.4 is 0 Å². The number of nitrogens with zero attached hydrogens (tertiary/aromatic N) is 2. The minimum Gasteiger partial charge on any atom is -0.229 e. The molecule has 0 atom stereocenters. The molecule has 3 aromatic rings. The molecule has 0 saturated carbocycles. The quantitative estimate of drug-likeness (QED) is 0.516. The first kappa shape index (κ1) is 13.5. The van der Waals surface area contributed by atoms with Gasteiger partial charge in [-0.15, -0.1) is 23.1 Å². The lowest BCUT2D eigenvalue weighted by Crippen LogP contribution is -1.87. The highest BCUT2D eigenvalue weighted by Gasteiger charge is 2.12. The van der Waals surface area contributed by atoms with E-state index in [9.17, 15) is 4.39 Å². The second kappa shape index (κ2) is 5.50. The molecule has 0 aliphatic heterocycles. The van der Waals surface area contributed by atoms with Crippen LogP contribution in [0.5, 0.6) is 0 Å². The zero-order chi connectivity index (χ0) is 14.1. The Morgan fingerprint density at radius 2 is 1.90 bits per heavy atom. The number of halogens is 1. The van der Waals surface area contributed by atoms with Crippen molar-refractivity contribution < 1.29 is 4.39 Å². The fourth-order valence-electron chi connectivity index (χ4n) is 1.99. The van der Waals surface area contributed by atoms with Gasteiger partial charge in [-0.2, -0.15) is 0 Å². The highest BCUT2D eigenvalue weighted by molar-refractivity contribution is 7.98. The van der Waals surface area contributed by atoms with Crippen molar-refractivity contribution in [3.05, 3.63) is 52.4 Å². The topological polar surface area (TPSA) is 25.8 Å². The summed E-state index contributed by atoms with van der Waals surface area (Å²) in [7, 11) is 0. The molecule has 2 aromatic heterocycles. The molecule has 0 aliphatic rings. The van der Waals surface area contributed by atoms with E-state index in [2.05, 4.69) is 23.8 Å². The fraction of sp³-hybridized carbons (Fsp3) is 0.200. The van der Waals surface area contributed by atoms with Gasteiger partial charge in [0.2, 0.25) is 0 Å². The summed E-state index contributed by atoms with van der Waals surface area (Å²) in [6.45, 7) is 4.22. The SMILES string of the molecule is Cc1sc2ncnc(SCc3ccc(F)cc3)c2c1C. The van der Waals surface area contributed by atoms with Crippen LogP contribution in [0.25, 0.3) is 10.2 Å². The normalized spacial score (nSPS) is 11.2. The van der Waals surface area contributed by atoms with Crippen molar-refractivity contribution in [2.45, 2.75) is 24.6 Å². The van der Waals surface area contributed by atoms with Crippen LogP contribution in [-0.2, 0) is 5.75 Å². The number of aromatic nitrogens is 2. The molecule has 1 aromatic carbocycles. The van der Waals surface area contributed by atoms with E-state index in [1.807, 2.05) is 12.1 Å². The Balaban J connectivity index is 1.89. The van der Waals surface area contributed by atoms with Crippen molar-refractivity contribution in [1.29, 1.82) is 0 Å². The molecule has 102 valence electrons. The van der Waals surface area contributed by atoms with Crippen LogP contribution in [0.4, 0.5) is 4.39 Å². The van der Waals surface area contributed by atoms with E-state index in [0.29, 0.717) is 0 Å². The summed E-state index contributed by atoms with van der Waals surface area (Å²) in [6.07, 6.45) is 1.62. The molecule has 20 heavy (non-hydrogen) atoms. The molecular weight excluding hydrogens is 291 g/mol. The number of aryl methyl sites for hydroxylation is 2. The summed E-state index contributed by atoms with van der Waals surface area (Å²) in [5, 5.41) is 2.16. The van der Waals surface area contributed by atoms with E-state index in [4.69, 9.17) is 0 Å². The highest BCUT2D eigenvalue weighted by Crippen LogP contribution is 2.35. The molecule has 3 rings (SSSR count). The van der Waals surface area contributed by atoms with E-state index in [1.54, 1.807) is 29.4 Å². The molecule has 0 N–H and O–H groups in total. The zero-order valence-electron chi connectivity index (χ0n) is 11.2. The molecule has 0 saturated heterocycles. The number of benzene rings is 1. The van der Waals surface area contributed by atoms with Gasteiger partial charge >= 0.3 is 0 Å². The molecule has 2 nitrogen and oxygen atoms in total. The molecular formula is C15H13FN2S2. The van der Waals surface area contributed by atoms with Crippen molar-refractivity contribution in [2.75, 3.05) is 0 Å². The smallest absolute Gasteiger partial charge is 0.128 e. The number of fused-ring (bicyclic) bond motifs is 1. The summed E-state index contributed by atoms with van der Waals surface area (Å²) < 4.78 is 12.9. The molecule has 0 radical (unpaired) electrons. The van der Waals surface area contributed by atoms with Crippen LogP contribution in [-0.4, -0.2) is 9.97 Å². The zero-order valence-corrected chi connectivity index (χ0v) is 12.8. The minimum absolute atomic E-state index is 0.201. The number of hydrogen-bond donors (Lipinski definition) is 0. The van der Waals surface area contributed by atoms with E-state index < -0.39 is 0 Å². The van der Waals surface area contributed by atoms with Gasteiger partial charge in [0.25, 0.3) is 0 Å². The van der Waals surface area contributed by atoms with Crippen molar-refractivity contribution in [1.82, 2.24) is 9.97 Å². The van der Waals surface area contributed by atoms with Crippen molar-refractivity contribution in [3.63, 3.8) is 0 Å². The standard InChI is InChI=1S/C15H13FN2S2/c1-9-10(2)20-15-13(9)14(17-8-18-15)19-7-11-3-5-12(16)6-4-11/h3-6,8H,7H2,1-2H3. The molecule has 0 spiro atoms. The van der Waals surface area contributed by atoms with Gasteiger partial charge in [-0.1, -0.05) is 12.1 Å². The Morgan fingerprint density at radius 3 is 2.65 bits per heavy atom. The van der Waals surface area contributed by atoms with Gasteiger partial charge < -0.3 is 0 Å². The molecule has 2 heterocycles. The van der Waals surface area contributed by atoms with E-state index in [0.717, 1.165) is 26.6 Å². The van der Waals surface area contributed by atoms with Gasteiger partial charge in [-0.25, -0.2) is 14.4 Å². The monoisotopic (exact) mass is 304 g/mol. The maximum atomic E-state index is 12.9. The lowest BCUT2D eigenvalue weighted by Gasteiger charge is -2.03. The van der Waals surface area contributed by atoms with Crippen LogP contribution in [0.3, 0.4) is 0 Å². The molecule has 5 heteroatoms. The van der Waals surface area contributed by atoms with Crippen molar-refractivity contribution >= 4 is 33.3 Å². The molecule has 0 bridgehead atoms. The van der Waals surface area contributed by atoms with Gasteiger partial charge in [-0.05, 0) is 37.1 Å². The Kier molecular flexibility index (Phi) is 3.72. The fourth-order valence-corrected chi connectivity index (χ4v) is 4.06. The predicted molar refractivity (Wildman–Crippen MR) is 82.9 cm³/mol. The molecule has 0 unspecified atom stereocenters. The lowest BCUT2D eigenvalue weighted by molar-refractivity contribution is 0.627. The number of thioether (sulfide) groups is 1. The third kappa shape index (κ3) is 2.55. The summed E-state index contributed by atoms with van der Waals surface area (Å²) in [5.41, 5.74) is 2.35. The van der Waals surface area contributed by atoms with Crippen LogP contribution >= 0.6 is 23.1 Å². The average molecular weight is 304 g/mol. The second-order valence-electron chi connectivity index (χ2n) is 4.56. The van der Waals surface area contributed by atoms with Crippen LogP contribution in [0.15, 0.2) is 35.6 Å². The largest absolute Gasteiger partial charge is 0.229 e. The molecule has 0 amide bonds. The van der Waals surface area contributed by atoms with Gasteiger partial charge in [0, 0.05) is 16.0 Å². The van der Waals surface area contributed by atoms with Crippen molar-refractivity contribution in [3.8, 4) is 0 Å². The Morgan fingerprint density at radius 1 is 1.15 bits per heavy atom. The van der Waals surface area contributed by atoms with Gasteiger partial charge in [0.05, 0.1) is 0 Å². The number of rotatable bonds is 3. The maximum absolute atomic E-state index is 12.9. The number of hydrogen-bond acceptors (Lipinski definition) is 4. The maximum Gasteiger partial charge on any atom is 0.128 e. The van der Waals surface area contributed by atoms with E-state index in [1.165, 1.54) is 22.6 Å². The van der Waals surface area contributed by atoms with Gasteiger partial charge in [0.1, 0.15) is 22.0 Å². The first-order valence-corrected chi connectivity index (χ1v) is 8.03.